The fourth-order valence-corrected chi connectivity index (χ4v) is 2.54. The molecule has 2 aromatic rings. The van der Waals surface area contributed by atoms with Crippen molar-refractivity contribution >= 4 is 17.5 Å². The number of para-hydroxylation sites is 1. The van der Waals surface area contributed by atoms with E-state index in [2.05, 4.69) is 17.6 Å². The molecule has 0 fully saturated rings. The van der Waals surface area contributed by atoms with Gasteiger partial charge in [-0.1, -0.05) is 31.5 Å². The maximum Gasteiger partial charge on any atom is 0.265 e. The van der Waals surface area contributed by atoms with Gasteiger partial charge in [-0.3, -0.25) is 9.59 Å². The van der Waals surface area contributed by atoms with Gasteiger partial charge in [0.2, 0.25) is 0 Å². The first kappa shape index (κ1) is 20.5. The first-order chi connectivity index (χ1) is 12.9. The van der Waals surface area contributed by atoms with Crippen LogP contribution in [0.3, 0.4) is 0 Å². The second-order valence-electron chi connectivity index (χ2n) is 6.65. The van der Waals surface area contributed by atoms with Crippen molar-refractivity contribution in [3.63, 3.8) is 0 Å². The van der Waals surface area contributed by atoms with Crippen molar-refractivity contribution in [1.29, 1.82) is 0 Å². The van der Waals surface area contributed by atoms with E-state index in [0.29, 0.717) is 23.5 Å². The third-order valence-corrected chi connectivity index (χ3v) is 4.41. The summed E-state index contributed by atoms with van der Waals surface area (Å²) in [5.41, 5.74) is 3.20. The van der Waals surface area contributed by atoms with E-state index in [9.17, 15) is 9.59 Å². The molecule has 0 heterocycles. The molecule has 0 aliphatic carbocycles. The summed E-state index contributed by atoms with van der Waals surface area (Å²) >= 11 is 0. The zero-order valence-corrected chi connectivity index (χ0v) is 16.5. The number of nitrogens with one attached hydrogen (secondary N) is 2. The van der Waals surface area contributed by atoms with Gasteiger partial charge >= 0.3 is 0 Å². The molecular weight excluding hydrogens is 340 g/mol. The highest BCUT2D eigenvalue weighted by atomic mass is 16.5. The SMILES string of the molecule is CCCCNC(=O)c1ccccc1NC(=O)[C@@H](C)Oc1ccc(C)c(C)c1. The highest BCUT2D eigenvalue weighted by Gasteiger charge is 2.18. The fourth-order valence-electron chi connectivity index (χ4n) is 2.54. The second kappa shape index (κ2) is 9.76. The highest BCUT2D eigenvalue weighted by molar-refractivity contribution is 6.04. The number of anilines is 1. The maximum atomic E-state index is 12.5. The van der Waals surface area contributed by atoms with Crippen LogP contribution in [0.2, 0.25) is 0 Å². The monoisotopic (exact) mass is 368 g/mol. The fraction of sp³-hybridized carbons (Fsp3) is 0.364. The number of benzene rings is 2. The molecule has 2 amide bonds. The number of unbranched alkanes of at least 4 members (excludes halogenated alkanes) is 1. The van der Waals surface area contributed by atoms with Gasteiger partial charge in [0.05, 0.1) is 11.3 Å². The molecule has 0 aliphatic rings. The molecule has 2 rings (SSSR count). The minimum Gasteiger partial charge on any atom is -0.481 e. The quantitative estimate of drug-likeness (QED) is 0.685. The van der Waals surface area contributed by atoms with Crippen molar-refractivity contribution in [3.8, 4) is 5.75 Å². The summed E-state index contributed by atoms with van der Waals surface area (Å²) in [5.74, 6) is 0.149. The molecule has 5 nitrogen and oxygen atoms in total. The number of rotatable bonds is 8. The van der Waals surface area contributed by atoms with Gasteiger partial charge in [-0.2, -0.15) is 0 Å². The standard InChI is InChI=1S/C22H28N2O3/c1-5-6-13-23-22(26)19-9-7-8-10-20(19)24-21(25)17(4)27-18-12-11-15(2)16(3)14-18/h7-12,14,17H,5-6,13H2,1-4H3,(H,23,26)(H,24,25)/t17-/m1/s1. The van der Waals surface area contributed by atoms with Crippen LogP contribution < -0.4 is 15.4 Å². The van der Waals surface area contributed by atoms with Crippen LogP contribution in [0.5, 0.6) is 5.75 Å². The smallest absolute Gasteiger partial charge is 0.265 e. The van der Waals surface area contributed by atoms with E-state index in [1.807, 2.05) is 32.0 Å². The Bertz CT molecular complexity index is 802. The van der Waals surface area contributed by atoms with Crippen LogP contribution in [0.25, 0.3) is 0 Å². The van der Waals surface area contributed by atoms with Crippen LogP contribution in [0.1, 0.15) is 48.2 Å². The van der Waals surface area contributed by atoms with Crippen molar-refractivity contribution in [2.75, 3.05) is 11.9 Å². The molecular formula is C22H28N2O3. The number of hydrogen-bond acceptors (Lipinski definition) is 3. The molecule has 0 saturated heterocycles. The molecule has 0 aliphatic heterocycles. The van der Waals surface area contributed by atoms with E-state index < -0.39 is 6.10 Å². The summed E-state index contributed by atoms with van der Waals surface area (Å²) in [6.07, 6.45) is 1.23. The molecule has 2 aromatic carbocycles. The van der Waals surface area contributed by atoms with E-state index in [1.54, 1.807) is 31.2 Å². The Kier molecular flexibility index (Phi) is 7.41. The third-order valence-electron chi connectivity index (χ3n) is 4.41. The summed E-state index contributed by atoms with van der Waals surface area (Å²) in [6, 6.07) is 12.7. The Balaban J connectivity index is 2.04. The molecule has 144 valence electrons. The third kappa shape index (κ3) is 5.84. The average molecular weight is 368 g/mol. The van der Waals surface area contributed by atoms with Gasteiger partial charge in [-0.05, 0) is 62.6 Å². The van der Waals surface area contributed by atoms with Crippen molar-refractivity contribution in [2.24, 2.45) is 0 Å². The number of aryl methyl sites for hydroxylation is 2. The van der Waals surface area contributed by atoms with E-state index >= 15 is 0 Å². The summed E-state index contributed by atoms with van der Waals surface area (Å²) < 4.78 is 5.75. The van der Waals surface area contributed by atoms with E-state index in [0.717, 1.165) is 18.4 Å². The predicted molar refractivity (Wildman–Crippen MR) is 108 cm³/mol. The molecule has 0 radical (unpaired) electrons. The minimum absolute atomic E-state index is 0.193. The summed E-state index contributed by atoms with van der Waals surface area (Å²) in [6.45, 7) is 8.40. The lowest BCUT2D eigenvalue weighted by Gasteiger charge is -2.17. The molecule has 27 heavy (non-hydrogen) atoms. The van der Waals surface area contributed by atoms with Crippen molar-refractivity contribution in [2.45, 2.75) is 46.6 Å². The Hall–Kier alpha value is -2.82. The Morgan fingerprint density at radius 1 is 1.07 bits per heavy atom. The number of carbonyl (C=O) groups is 2. The molecule has 5 heteroatoms. The lowest BCUT2D eigenvalue weighted by atomic mass is 10.1. The molecule has 2 N–H and O–H groups in total. The minimum atomic E-state index is -0.691. The molecule has 0 saturated carbocycles. The second-order valence-corrected chi connectivity index (χ2v) is 6.65. The van der Waals surface area contributed by atoms with Crippen molar-refractivity contribution < 1.29 is 14.3 Å². The van der Waals surface area contributed by atoms with E-state index in [-0.39, 0.29) is 11.8 Å². The lowest BCUT2D eigenvalue weighted by Crippen LogP contribution is -2.32. The molecule has 0 unspecified atom stereocenters. The first-order valence-electron chi connectivity index (χ1n) is 9.34. The maximum absolute atomic E-state index is 12.5. The lowest BCUT2D eigenvalue weighted by molar-refractivity contribution is -0.122. The van der Waals surface area contributed by atoms with E-state index in [1.165, 1.54) is 5.56 Å². The van der Waals surface area contributed by atoms with Gasteiger partial charge in [0, 0.05) is 6.54 Å². The normalized spacial score (nSPS) is 11.6. The Morgan fingerprint density at radius 2 is 1.81 bits per heavy atom. The molecule has 0 bridgehead atoms. The Labute approximate surface area is 161 Å². The first-order valence-corrected chi connectivity index (χ1v) is 9.34. The van der Waals surface area contributed by atoms with Crippen LogP contribution in [0, 0.1) is 13.8 Å². The zero-order chi connectivity index (χ0) is 19.8. The number of carbonyl (C=O) groups excluding carboxylic acids is 2. The van der Waals surface area contributed by atoms with Crippen LogP contribution in [0.15, 0.2) is 42.5 Å². The zero-order valence-electron chi connectivity index (χ0n) is 16.5. The van der Waals surface area contributed by atoms with Crippen molar-refractivity contribution in [1.82, 2.24) is 5.32 Å². The topological polar surface area (TPSA) is 67.4 Å². The number of amides is 2. The average Bonchev–Trinajstić information content (AvgIpc) is 2.65. The molecule has 0 spiro atoms. The Morgan fingerprint density at radius 3 is 2.52 bits per heavy atom. The summed E-state index contributed by atoms with van der Waals surface area (Å²) in [5, 5.41) is 5.68. The largest absolute Gasteiger partial charge is 0.481 e. The van der Waals surface area contributed by atoms with Crippen molar-refractivity contribution in [3.05, 3.63) is 59.2 Å². The molecule has 0 aromatic heterocycles. The summed E-state index contributed by atoms with van der Waals surface area (Å²) in [4.78, 5) is 24.9. The summed E-state index contributed by atoms with van der Waals surface area (Å²) in [7, 11) is 0. The van der Waals surface area contributed by atoms with Crippen LogP contribution >= 0.6 is 0 Å². The molecule has 1 atom stereocenters. The van der Waals surface area contributed by atoms with Gasteiger partial charge in [0.25, 0.3) is 11.8 Å². The van der Waals surface area contributed by atoms with Crippen LogP contribution in [-0.2, 0) is 4.79 Å². The van der Waals surface area contributed by atoms with Crippen LogP contribution in [-0.4, -0.2) is 24.5 Å². The highest BCUT2D eigenvalue weighted by Crippen LogP contribution is 2.19. The number of hydrogen-bond donors (Lipinski definition) is 2. The van der Waals surface area contributed by atoms with Gasteiger partial charge < -0.3 is 15.4 Å². The van der Waals surface area contributed by atoms with E-state index in [4.69, 9.17) is 4.74 Å². The van der Waals surface area contributed by atoms with Gasteiger partial charge in [-0.15, -0.1) is 0 Å². The number of ether oxygens (including phenoxy) is 1. The van der Waals surface area contributed by atoms with Crippen LogP contribution in [0.4, 0.5) is 5.69 Å². The predicted octanol–water partition coefficient (Wildman–Crippen LogP) is 4.24. The van der Waals surface area contributed by atoms with Gasteiger partial charge in [-0.25, -0.2) is 0 Å². The van der Waals surface area contributed by atoms with Gasteiger partial charge in [0.1, 0.15) is 5.75 Å². The van der Waals surface area contributed by atoms with Gasteiger partial charge in [0.15, 0.2) is 6.10 Å².